The first-order valence-electron chi connectivity index (χ1n) is 4.61. The van der Waals surface area contributed by atoms with Crippen molar-refractivity contribution in [3.05, 3.63) is 0 Å². The molecular weight excluding hydrogens is 215 g/mol. The monoisotopic (exact) mass is 234 g/mol. The molecule has 0 spiro atoms. The van der Waals surface area contributed by atoms with Gasteiger partial charge in [0.15, 0.2) is 0 Å². The summed E-state index contributed by atoms with van der Waals surface area (Å²) in [6.45, 7) is 4.15. The van der Waals surface area contributed by atoms with Crippen LogP contribution in [0.5, 0.6) is 0 Å². The third kappa shape index (κ3) is 10.9. The Kier molecular flexibility index (Phi) is 11.3. The zero-order valence-electron chi connectivity index (χ0n) is 10.2. The zero-order chi connectivity index (χ0) is 10.3. The van der Waals surface area contributed by atoms with E-state index in [-0.39, 0.29) is 43.5 Å². The van der Waals surface area contributed by atoms with Gasteiger partial charge in [0.1, 0.15) is 0 Å². The van der Waals surface area contributed by atoms with Crippen LogP contribution in [-0.2, 0) is 14.6 Å². The van der Waals surface area contributed by atoms with Crippen LogP contribution in [0.2, 0.25) is 0 Å². The molecule has 0 amide bonds. The van der Waals surface area contributed by atoms with Gasteiger partial charge in [0.2, 0.25) is 0 Å². The molecule has 82 valence electrons. The fraction of sp³-hybridized carbons (Fsp3) is 1.00. The van der Waals surface area contributed by atoms with E-state index in [9.17, 15) is 8.42 Å². The van der Waals surface area contributed by atoms with Crippen LogP contribution in [0.4, 0.5) is 0 Å². The van der Waals surface area contributed by atoms with Crippen molar-refractivity contribution < 1.29 is 48.1 Å². The first kappa shape index (κ1) is 17.3. The van der Waals surface area contributed by atoms with E-state index < -0.39 is 10.4 Å². The first-order chi connectivity index (χ1) is 5.99. The smallest absolute Gasteiger partial charge is 1.00 e. The molecule has 0 aromatic heterocycles. The van der Waals surface area contributed by atoms with Gasteiger partial charge in [0, 0.05) is 0 Å². The number of rotatable bonds is 7. The van der Waals surface area contributed by atoms with E-state index >= 15 is 0 Å². The summed E-state index contributed by atoms with van der Waals surface area (Å²) in [5.41, 5.74) is 0. The third-order valence-electron chi connectivity index (χ3n) is 2.00. The van der Waals surface area contributed by atoms with Crippen LogP contribution in [0.3, 0.4) is 0 Å². The van der Waals surface area contributed by atoms with E-state index in [0.29, 0.717) is 0 Å². The maximum absolute atomic E-state index is 10.3. The van der Waals surface area contributed by atoms with Crippen molar-refractivity contribution in [1.82, 2.24) is 0 Å². The SMILES string of the molecule is CCCCC(CC)COS(=O)(=O)O.[H-].[Na+]. The number of hydrogen-bond acceptors (Lipinski definition) is 3. The number of hydrogen-bond donors (Lipinski definition) is 1. The molecule has 0 aromatic carbocycles. The molecule has 4 nitrogen and oxygen atoms in total. The molecule has 0 heterocycles. The summed E-state index contributed by atoms with van der Waals surface area (Å²) >= 11 is 0. The Morgan fingerprint density at radius 3 is 2.36 bits per heavy atom. The topological polar surface area (TPSA) is 63.6 Å². The molecule has 0 radical (unpaired) electrons. The van der Waals surface area contributed by atoms with E-state index in [1.165, 1.54) is 0 Å². The second-order valence-electron chi connectivity index (χ2n) is 3.13. The molecule has 0 bridgehead atoms. The molecule has 0 aliphatic heterocycles. The Morgan fingerprint density at radius 2 is 2.00 bits per heavy atom. The predicted molar refractivity (Wildman–Crippen MR) is 51.9 cm³/mol. The van der Waals surface area contributed by atoms with Crippen molar-refractivity contribution in [3.8, 4) is 0 Å². The van der Waals surface area contributed by atoms with Crippen LogP contribution in [-0.4, -0.2) is 19.6 Å². The minimum absolute atomic E-state index is 0. The summed E-state index contributed by atoms with van der Waals surface area (Å²) in [5.74, 6) is 0.224. The molecular formula is C8H19NaO4S. The Morgan fingerprint density at radius 1 is 1.43 bits per heavy atom. The molecule has 0 aliphatic rings. The first-order valence-corrected chi connectivity index (χ1v) is 5.98. The average Bonchev–Trinajstić information content (AvgIpc) is 2.03. The second-order valence-corrected chi connectivity index (χ2v) is 4.22. The van der Waals surface area contributed by atoms with Gasteiger partial charge in [-0.1, -0.05) is 33.1 Å². The Hall–Kier alpha value is 0.870. The van der Waals surface area contributed by atoms with Gasteiger partial charge in [0.05, 0.1) is 6.61 Å². The van der Waals surface area contributed by atoms with Gasteiger partial charge in [-0.05, 0) is 12.3 Å². The maximum Gasteiger partial charge on any atom is 1.00 e. The summed E-state index contributed by atoms with van der Waals surface area (Å²) in [4.78, 5) is 0. The van der Waals surface area contributed by atoms with Crippen LogP contribution in [0.25, 0.3) is 0 Å². The van der Waals surface area contributed by atoms with Crippen LogP contribution in [0, 0.1) is 5.92 Å². The molecule has 14 heavy (non-hydrogen) atoms. The molecule has 0 aliphatic carbocycles. The van der Waals surface area contributed by atoms with Gasteiger partial charge in [-0.15, -0.1) is 0 Å². The third-order valence-corrected chi connectivity index (χ3v) is 2.43. The van der Waals surface area contributed by atoms with Crippen molar-refractivity contribution >= 4 is 10.4 Å². The van der Waals surface area contributed by atoms with Crippen molar-refractivity contribution in [2.75, 3.05) is 6.61 Å². The van der Waals surface area contributed by atoms with E-state index in [1.807, 2.05) is 6.92 Å². The molecule has 0 saturated heterocycles. The molecule has 1 N–H and O–H groups in total. The Balaban J connectivity index is -0.000000720. The fourth-order valence-electron chi connectivity index (χ4n) is 1.08. The van der Waals surface area contributed by atoms with Crippen molar-refractivity contribution in [2.45, 2.75) is 39.5 Å². The summed E-state index contributed by atoms with van der Waals surface area (Å²) in [5, 5.41) is 0. The number of unbranched alkanes of at least 4 members (excludes halogenated alkanes) is 1. The van der Waals surface area contributed by atoms with Gasteiger partial charge in [-0.3, -0.25) is 4.55 Å². The summed E-state index contributed by atoms with van der Waals surface area (Å²) in [6, 6.07) is 0. The standard InChI is InChI=1S/C8H18O4S.Na.H/c1-3-5-6-8(4-2)7-12-13(9,10)11;;/h8H,3-7H2,1-2H3,(H,9,10,11);;/q;+1;-1. The molecule has 0 aromatic rings. The van der Waals surface area contributed by atoms with Crippen molar-refractivity contribution in [1.29, 1.82) is 0 Å². The minimum Gasteiger partial charge on any atom is -1.00 e. The van der Waals surface area contributed by atoms with Crippen LogP contribution in [0.15, 0.2) is 0 Å². The molecule has 0 fully saturated rings. The van der Waals surface area contributed by atoms with E-state index in [1.54, 1.807) is 0 Å². The molecule has 0 saturated carbocycles. The summed E-state index contributed by atoms with van der Waals surface area (Å²) in [7, 11) is -4.25. The van der Waals surface area contributed by atoms with Crippen LogP contribution in [0.1, 0.15) is 41.0 Å². The normalized spacial score (nSPS) is 13.4. The van der Waals surface area contributed by atoms with E-state index in [0.717, 1.165) is 25.7 Å². The summed E-state index contributed by atoms with van der Waals surface area (Å²) in [6.07, 6.45) is 3.97. The van der Waals surface area contributed by atoms with Gasteiger partial charge in [0.25, 0.3) is 0 Å². The maximum atomic E-state index is 10.3. The molecule has 1 atom stereocenters. The quantitative estimate of drug-likeness (QED) is 0.460. The summed E-state index contributed by atoms with van der Waals surface area (Å²) < 4.78 is 33.2. The van der Waals surface area contributed by atoms with Gasteiger partial charge >= 0.3 is 40.0 Å². The predicted octanol–water partition coefficient (Wildman–Crippen LogP) is -0.861. The zero-order valence-corrected chi connectivity index (χ0v) is 12.0. The fourth-order valence-corrected chi connectivity index (χ4v) is 1.44. The van der Waals surface area contributed by atoms with Crippen molar-refractivity contribution in [3.63, 3.8) is 0 Å². The Bertz CT molecular complexity index is 221. The van der Waals surface area contributed by atoms with Crippen LogP contribution < -0.4 is 29.6 Å². The van der Waals surface area contributed by atoms with E-state index in [4.69, 9.17) is 4.55 Å². The van der Waals surface area contributed by atoms with Gasteiger partial charge in [-0.25, -0.2) is 4.18 Å². The minimum atomic E-state index is -4.25. The van der Waals surface area contributed by atoms with Gasteiger partial charge in [-0.2, -0.15) is 8.42 Å². The van der Waals surface area contributed by atoms with E-state index in [2.05, 4.69) is 11.1 Å². The van der Waals surface area contributed by atoms with Crippen molar-refractivity contribution in [2.24, 2.45) is 5.92 Å². The Labute approximate surface area is 110 Å². The second kappa shape index (κ2) is 9.12. The van der Waals surface area contributed by atoms with Crippen LogP contribution >= 0.6 is 0 Å². The average molecular weight is 234 g/mol. The molecule has 0 rings (SSSR count). The van der Waals surface area contributed by atoms with Gasteiger partial charge < -0.3 is 1.43 Å². The molecule has 6 heteroatoms. The molecule has 1 unspecified atom stereocenters. The largest absolute Gasteiger partial charge is 1.00 e.